The van der Waals surface area contributed by atoms with E-state index in [-0.39, 0.29) is 5.91 Å². The number of hydrogen-bond donors (Lipinski definition) is 2. The lowest BCUT2D eigenvalue weighted by atomic mass is 10.1. The number of aromatic nitrogens is 1. The number of carbonyl (C=O) groups excluding carboxylic acids is 1. The maximum atomic E-state index is 11.7. The average molecular weight is 283 g/mol. The zero-order chi connectivity index (χ0) is 14.9. The van der Waals surface area contributed by atoms with Crippen LogP contribution in [0.2, 0.25) is 0 Å². The lowest BCUT2D eigenvalue weighted by molar-refractivity contribution is -0.121. The van der Waals surface area contributed by atoms with E-state index in [1.54, 1.807) is 6.20 Å². The highest BCUT2D eigenvalue weighted by Crippen LogP contribution is 2.02. The fourth-order valence-electron chi connectivity index (χ4n) is 1.93. The third kappa shape index (κ3) is 5.75. The van der Waals surface area contributed by atoms with E-state index in [0.29, 0.717) is 19.5 Å². The first-order valence-electron chi connectivity index (χ1n) is 7.16. The molecule has 0 bridgehead atoms. The van der Waals surface area contributed by atoms with Gasteiger partial charge in [0.05, 0.1) is 0 Å². The van der Waals surface area contributed by atoms with Crippen molar-refractivity contribution >= 4 is 5.91 Å². The van der Waals surface area contributed by atoms with Crippen molar-refractivity contribution in [1.82, 2.24) is 15.6 Å². The molecule has 0 aliphatic rings. The fourth-order valence-corrected chi connectivity index (χ4v) is 1.93. The number of nitrogens with one attached hydrogen (secondary N) is 2. The largest absolute Gasteiger partial charge is 0.352 e. The van der Waals surface area contributed by atoms with E-state index in [0.717, 1.165) is 17.7 Å². The predicted molar refractivity (Wildman–Crippen MR) is 83.6 cm³/mol. The van der Waals surface area contributed by atoms with Crippen LogP contribution in [0, 0.1) is 6.92 Å². The number of benzene rings is 1. The number of amides is 1. The Morgan fingerprint density at radius 1 is 1.10 bits per heavy atom. The number of pyridine rings is 1. The quantitative estimate of drug-likeness (QED) is 0.766. The second-order valence-electron chi connectivity index (χ2n) is 5.05. The number of carbonyl (C=O) groups is 1. The molecule has 1 aromatic heterocycles. The second-order valence-corrected chi connectivity index (χ2v) is 5.05. The molecule has 21 heavy (non-hydrogen) atoms. The van der Waals surface area contributed by atoms with Crippen LogP contribution in [0.15, 0.2) is 48.8 Å². The third-order valence-corrected chi connectivity index (χ3v) is 3.19. The van der Waals surface area contributed by atoms with Gasteiger partial charge in [0, 0.05) is 38.4 Å². The lowest BCUT2D eigenvalue weighted by Crippen LogP contribution is -2.27. The van der Waals surface area contributed by atoms with Crippen LogP contribution >= 0.6 is 0 Å². The topological polar surface area (TPSA) is 54.0 Å². The van der Waals surface area contributed by atoms with Crippen LogP contribution in [0.1, 0.15) is 23.1 Å². The Morgan fingerprint density at radius 2 is 1.90 bits per heavy atom. The molecule has 0 saturated carbocycles. The molecule has 1 aromatic carbocycles. The molecule has 0 aliphatic heterocycles. The summed E-state index contributed by atoms with van der Waals surface area (Å²) in [5, 5.41) is 6.16. The van der Waals surface area contributed by atoms with E-state index in [2.05, 4.69) is 34.7 Å². The van der Waals surface area contributed by atoms with Gasteiger partial charge in [0.15, 0.2) is 0 Å². The molecule has 0 aliphatic carbocycles. The first-order valence-corrected chi connectivity index (χ1v) is 7.16. The first-order chi connectivity index (χ1) is 10.2. The molecule has 0 spiro atoms. The van der Waals surface area contributed by atoms with Gasteiger partial charge in [-0.05, 0) is 24.1 Å². The second kappa shape index (κ2) is 8.17. The molecule has 0 atom stereocenters. The smallest absolute Gasteiger partial charge is 0.221 e. The molecule has 0 saturated heterocycles. The molecule has 1 amide bonds. The van der Waals surface area contributed by atoms with E-state index in [9.17, 15) is 4.79 Å². The Balaban J connectivity index is 1.60. The minimum Gasteiger partial charge on any atom is -0.352 e. The number of hydrogen-bond acceptors (Lipinski definition) is 3. The lowest BCUT2D eigenvalue weighted by Gasteiger charge is -2.07. The van der Waals surface area contributed by atoms with Gasteiger partial charge in [-0.15, -0.1) is 0 Å². The molecular formula is C17H21N3O. The van der Waals surface area contributed by atoms with E-state index >= 15 is 0 Å². The number of aryl methyl sites for hydroxylation is 1. The number of rotatable bonds is 7. The van der Waals surface area contributed by atoms with Crippen LogP contribution in [0.4, 0.5) is 0 Å². The average Bonchev–Trinajstić information content (AvgIpc) is 2.52. The Labute approximate surface area is 125 Å². The molecule has 4 heteroatoms. The summed E-state index contributed by atoms with van der Waals surface area (Å²) >= 11 is 0. The monoisotopic (exact) mass is 283 g/mol. The third-order valence-electron chi connectivity index (χ3n) is 3.19. The summed E-state index contributed by atoms with van der Waals surface area (Å²) in [6.07, 6.45) is 4.05. The SMILES string of the molecule is Cc1ccc(CNC(=O)CCNCc2cccnc2)cc1. The highest BCUT2D eigenvalue weighted by molar-refractivity contribution is 5.76. The van der Waals surface area contributed by atoms with E-state index in [1.165, 1.54) is 5.56 Å². The Kier molecular flexibility index (Phi) is 5.91. The maximum Gasteiger partial charge on any atom is 0.221 e. The summed E-state index contributed by atoms with van der Waals surface area (Å²) in [6.45, 7) is 4.03. The Bertz CT molecular complexity index is 552. The zero-order valence-corrected chi connectivity index (χ0v) is 12.3. The van der Waals surface area contributed by atoms with Crippen LogP contribution in [0.25, 0.3) is 0 Å². The molecule has 110 valence electrons. The molecule has 4 nitrogen and oxygen atoms in total. The van der Waals surface area contributed by atoms with Crippen LogP contribution in [0.5, 0.6) is 0 Å². The van der Waals surface area contributed by atoms with E-state index in [1.807, 2.05) is 30.5 Å². The molecule has 0 fully saturated rings. The summed E-state index contributed by atoms with van der Waals surface area (Å²) in [4.78, 5) is 15.8. The minimum atomic E-state index is 0.0641. The van der Waals surface area contributed by atoms with Gasteiger partial charge in [-0.2, -0.15) is 0 Å². The van der Waals surface area contributed by atoms with E-state index < -0.39 is 0 Å². The van der Waals surface area contributed by atoms with Gasteiger partial charge in [-0.3, -0.25) is 9.78 Å². The van der Waals surface area contributed by atoms with Crippen molar-refractivity contribution in [3.05, 3.63) is 65.5 Å². The molecule has 0 unspecified atom stereocenters. The number of nitrogens with zero attached hydrogens (tertiary/aromatic N) is 1. The van der Waals surface area contributed by atoms with Crippen molar-refractivity contribution < 1.29 is 4.79 Å². The van der Waals surface area contributed by atoms with Crippen molar-refractivity contribution in [3.8, 4) is 0 Å². The van der Waals surface area contributed by atoms with Gasteiger partial charge in [0.25, 0.3) is 0 Å². The predicted octanol–water partition coefficient (Wildman–Crippen LogP) is 2.19. The molecule has 0 radical (unpaired) electrons. The standard InChI is InChI=1S/C17H21N3O/c1-14-4-6-15(7-5-14)13-20-17(21)8-10-19-12-16-3-2-9-18-11-16/h2-7,9,11,19H,8,10,12-13H2,1H3,(H,20,21). The summed E-state index contributed by atoms with van der Waals surface area (Å²) < 4.78 is 0. The minimum absolute atomic E-state index is 0.0641. The van der Waals surface area contributed by atoms with Crippen molar-refractivity contribution in [2.45, 2.75) is 26.4 Å². The molecule has 2 aromatic rings. The van der Waals surface area contributed by atoms with Gasteiger partial charge >= 0.3 is 0 Å². The van der Waals surface area contributed by atoms with Gasteiger partial charge in [0.1, 0.15) is 0 Å². The molecule has 2 rings (SSSR count). The summed E-state index contributed by atoms with van der Waals surface area (Å²) in [5.74, 6) is 0.0641. The van der Waals surface area contributed by atoms with Crippen LogP contribution < -0.4 is 10.6 Å². The highest BCUT2D eigenvalue weighted by Gasteiger charge is 2.01. The Morgan fingerprint density at radius 3 is 2.62 bits per heavy atom. The van der Waals surface area contributed by atoms with Gasteiger partial charge < -0.3 is 10.6 Å². The van der Waals surface area contributed by atoms with Crippen molar-refractivity contribution in [2.24, 2.45) is 0 Å². The Hall–Kier alpha value is -2.20. The normalized spacial score (nSPS) is 10.3. The zero-order valence-electron chi connectivity index (χ0n) is 12.3. The first kappa shape index (κ1) is 15.2. The van der Waals surface area contributed by atoms with Crippen molar-refractivity contribution in [3.63, 3.8) is 0 Å². The van der Waals surface area contributed by atoms with Crippen LogP contribution in [-0.4, -0.2) is 17.4 Å². The van der Waals surface area contributed by atoms with Crippen molar-refractivity contribution in [1.29, 1.82) is 0 Å². The fraction of sp³-hybridized carbons (Fsp3) is 0.294. The van der Waals surface area contributed by atoms with Gasteiger partial charge in [-0.1, -0.05) is 35.9 Å². The van der Waals surface area contributed by atoms with E-state index in [4.69, 9.17) is 0 Å². The summed E-state index contributed by atoms with van der Waals surface area (Å²) in [7, 11) is 0. The van der Waals surface area contributed by atoms with Gasteiger partial charge in [0.2, 0.25) is 5.91 Å². The van der Waals surface area contributed by atoms with Gasteiger partial charge in [-0.25, -0.2) is 0 Å². The maximum absolute atomic E-state index is 11.7. The highest BCUT2D eigenvalue weighted by atomic mass is 16.1. The van der Waals surface area contributed by atoms with Crippen LogP contribution in [-0.2, 0) is 17.9 Å². The van der Waals surface area contributed by atoms with Crippen LogP contribution in [0.3, 0.4) is 0 Å². The summed E-state index contributed by atoms with van der Waals surface area (Å²) in [6, 6.07) is 12.1. The molecular weight excluding hydrogens is 262 g/mol. The summed E-state index contributed by atoms with van der Waals surface area (Å²) in [5.41, 5.74) is 3.47. The molecule has 2 N–H and O–H groups in total. The van der Waals surface area contributed by atoms with Crippen molar-refractivity contribution in [2.75, 3.05) is 6.54 Å². The molecule has 1 heterocycles.